The highest BCUT2D eigenvalue weighted by Crippen LogP contribution is 2.38. The molecule has 2 aromatic rings. The summed E-state index contributed by atoms with van der Waals surface area (Å²) in [6.45, 7) is 6.75. The van der Waals surface area contributed by atoms with E-state index in [-0.39, 0.29) is 11.3 Å². The third-order valence-corrected chi connectivity index (χ3v) is 6.32. The smallest absolute Gasteiger partial charge is 0.219 e. The zero-order chi connectivity index (χ0) is 18.7. The summed E-state index contributed by atoms with van der Waals surface area (Å²) >= 11 is 0. The maximum Gasteiger partial charge on any atom is 0.219 e. The summed E-state index contributed by atoms with van der Waals surface area (Å²) in [6.07, 6.45) is 4.63. The van der Waals surface area contributed by atoms with Crippen LogP contribution in [0.5, 0.6) is 0 Å². The molecule has 2 aliphatic rings. The number of hydrogen-bond donors (Lipinski definition) is 0. The van der Waals surface area contributed by atoms with Gasteiger partial charge in [-0.25, -0.2) is 0 Å². The van der Waals surface area contributed by atoms with Crippen LogP contribution >= 0.6 is 0 Å². The van der Waals surface area contributed by atoms with E-state index >= 15 is 0 Å². The fourth-order valence-electron chi connectivity index (χ4n) is 4.94. The van der Waals surface area contributed by atoms with Crippen molar-refractivity contribution in [3.63, 3.8) is 0 Å². The minimum Gasteiger partial charge on any atom is -0.338 e. The van der Waals surface area contributed by atoms with Gasteiger partial charge in [-0.2, -0.15) is 0 Å². The van der Waals surface area contributed by atoms with Gasteiger partial charge in [-0.3, -0.25) is 4.79 Å². The number of hydrogen-bond acceptors (Lipinski definition) is 2. The van der Waals surface area contributed by atoms with Crippen LogP contribution in [0, 0.1) is 5.41 Å². The van der Waals surface area contributed by atoms with Crippen LogP contribution in [-0.2, 0) is 24.2 Å². The van der Waals surface area contributed by atoms with E-state index in [1.165, 1.54) is 36.1 Å². The Kier molecular flexibility index (Phi) is 5.31. The lowest BCUT2D eigenvalue weighted by molar-refractivity contribution is -0.131. The Morgan fingerprint density at radius 3 is 2.52 bits per heavy atom. The van der Waals surface area contributed by atoms with E-state index in [1.54, 1.807) is 6.92 Å². The maximum atomic E-state index is 12.3. The molecule has 1 atom stereocenters. The number of nitrogens with zero attached hydrogens (tertiary/aromatic N) is 2. The molecule has 2 heterocycles. The molecule has 0 aromatic heterocycles. The maximum absolute atomic E-state index is 12.3. The highest BCUT2D eigenvalue weighted by Gasteiger charge is 2.39. The topological polar surface area (TPSA) is 23.6 Å². The molecule has 0 bridgehead atoms. The van der Waals surface area contributed by atoms with E-state index in [2.05, 4.69) is 64.4 Å². The number of amides is 1. The molecule has 1 saturated heterocycles. The van der Waals surface area contributed by atoms with Crippen LogP contribution in [0.25, 0.3) is 0 Å². The molecule has 0 aliphatic carbocycles. The van der Waals surface area contributed by atoms with E-state index in [0.717, 1.165) is 39.0 Å². The predicted molar refractivity (Wildman–Crippen MR) is 109 cm³/mol. The number of piperidine rings is 1. The number of benzene rings is 2. The summed E-state index contributed by atoms with van der Waals surface area (Å²) in [5.74, 6) is 0.201. The highest BCUT2D eigenvalue weighted by molar-refractivity contribution is 5.73. The monoisotopic (exact) mass is 362 g/mol. The van der Waals surface area contributed by atoms with E-state index in [0.29, 0.717) is 0 Å². The van der Waals surface area contributed by atoms with Crippen molar-refractivity contribution < 1.29 is 4.79 Å². The van der Waals surface area contributed by atoms with E-state index < -0.39 is 0 Å². The van der Waals surface area contributed by atoms with Crippen molar-refractivity contribution in [3.05, 3.63) is 71.3 Å². The second-order valence-corrected chi connectivity index (χ2v) is 8.44. The fraction of sp³-hybridized carbons (Fsp3) is 0.458. The Hall–Kier alpha value is -2.13. The van der Waals surface area contributed by atoms with Gasteiger partial charge >= 0.3 is 0 Å². The normalized spacial score (nSPS) is 23.1. The number of rotatable bonds is 3. The SMILES string of the molecule is CC(=O)N1Cc2ccccc2CC2(CCCN(CCc3ccccc3)C2)C1. The van der Waals surface area contributed by atoms with Crippen molar-refractivity contribution in [2.75, 3.05) is 26.2 Å². The minimum absolute atomic E-state index is 0.188. The lowest BCUT2D eigenvalue weighted by atomic mass is 9.74. The van der Waals surface area contributed by atoms with Crippen molar-refractivity contribution in [1.29, 1.82) is 0 Å². The Balaban J connectivity index is 1.52. The highest BCUT2D eigenvalue weighted by atomic mass is 16.2. The Morgan fingerprint density at radius 1 is 1.00 bits per heavy atom. The molecule has 4 rings (SSSR count). The molecule has 1 unspecified atom stereocenters. The molecule has 2 aliphatic heterocycles. The second kappa shape index (κ2) is 7.85. The van der Waals surface area contributed by atoms with Gasteiger partial charge in [0.05, 0.1) is 0 Å². The zero-order valence-corrected chi connectivity index (χ0v) is 16.4. The summed E-state index contributed by atoms with van der Waals surface area (Å²) in [5, 5.41) is 0. The van der Waals surface area contributed by atoms with Gasteiger partial charge in [0.2, 0.25) is 5.91 Å². The van der Waals surface area contributed by atoms with Gasteiger partial charge in [-0.1, -0.05) is 54.6 Å². The molecule has 3 heteroatoms. The first kappa shape index (κ1) is 18.2. The average molecular weight is 363 g/mol. The van der Waals surface area contributed by atoms with Crippen LogP contribution in [0.2, 0.25) is 0 Å². The molecular formula is C24H30N2O. The van der Waals surface area contributed by atoms with E-state index in [1.807, 2.05) is 0 Å². The Labute approximate surface area is 163 Å². The fourth-order valence-corrected chi connectivity index (χ4v) is 4.94. The summed E-state index contributed by atoms with van der Waals surface area (Å²) in [5.41, 5.74) is 4.36. The van der Waals surface area contributed by atoms with Crippen LogP contribution in [-0.4, -0.2) is 41.9 Å². The first-order chi connectivity index (χ1) is 13.1. The molecule has 0 radical (unpaired) electrons. The van der Waals surface area contributed by atoms with Gasteiger partial charge in [0.1, 0.15) is 0 Å². The van der Waals surface area contributed by atoms with Gasteiger partial charge in [0.15, 0.2) is 0 Å². The van der Waals surface area contributed by atoms with Crippen molar-refractivity contribution in [3.8, 4) is 0 Å². The third kappa shape index (κ3) is 4.24. The molecule has 0 saturated carbocycles. The molecule has 0 N–H and O–H groups in total. The molecule has 1 amide bonds. The molecule has 2 aromatic carbocycles. The Morgan fingerprint density at radius 2 is 1.74 bits per heavy atom. The number of likely N-dealkylation sites (tertiary alicyclic amines) is 1. The molecule has 142 valence electrons. The van der Waals surface area contributed by atoms with E-state index in [9.17, 15) is 4.79 Å². The van der Waals surface area contributed by atoms with Crippen molar-refractivity contribution in [1.82, 2.24) is 9.80 Å². The van der Waals surface area contributed by atoms with Gasteiger partial charge in [-0.05, 0) is 48.9 Å². The van der Waals surface area contributed by atoms with Crippen LogP contribution < -0.4 is 0 Å². The second-order valence-electron chi connectivity index (χ2n) is 8.44. The average Bonchev–Trinajstić information content (AvgIpc) is 2.84. The van der Waals surface area contributed by atoms with Crippen LogP contribution in [0.3, 0.4) is 0 Å². The third-order valence-electron chi connectivity index (χ3n) is 6.32. The van der Waals surface area contributed by atoms with E-state index in [4.69, 9.17) is 0 Å². The lowest BCUT2D eigenvalue weighted by Gasteiger charge is -2.44. The standard InChI is InChI=1S/C24H30N2O/c1-20(27)26-17-23-11-6-5-10-22(23)16-24(19-26)13-7-14-25(18-24)15-12-21-8-3-2-4-9-21/h2-6,8-11H,7,12-19H2,1H3. The van der Waals surface area contributed by atoms with Crippen LogP contribution in [0.15, 0.2) is 54.6 Å². The predicted octanol–water partition coefficient (Wildman–Crippen LogP) is 3.92. The zero-order valence-electron chi connectivity index (χ0n) is 16.4. The number of carbonyl (C=O) groups excluding carboxylic acids is 1. The van der Waals surface area contributed by atoms with Crippen LogP contribution in [0.1, 0.15) is 36.5 Å². The van der Waals surface area contributed by atoms with Gasteiger partial charge in [0, 0.05) is 38.5 Å². The summed E-state index contributed by atoms with van der Waals surface area (Å²) in [7, 11) is 0. The first-order valence-corrected chi connectivity index (χ1v) is 10.2. The lowest BCUT2D eigenvalue weighted by Crippen LogP contribution is -2.50. The summed E-state index contributed by atoms with van der Waals surface area (Å²) in [6, 6.07) is 19.5. The molecule has 1 fully saturated rings. The number of carbonyl (C=O) groups is 1. The first-order valence-electron chi connectivity index (χ1n) is 10.2. The molecular weight excluding hydrogens is 332 g/mol. The molecule has 3 nitrogen and oxygen atoms in total. The molecule has 1 spiro atoms. The minimum atomic E-state index is 0.188. The Bertz CT molecular complexity index is 788. The largest absolute Gasteiger partial charge is 0.338 e. The van der Waals surface area contributed by atoms with Gasteiger partial charge in [-0.15, -0.1) is 0 Å². The van der Waals surface area contributed by atoms with Crippen LogP contribution in [0.4, 0.5) is 0 Å². The van der Waals surface area contributed by atoms with Crippen molar-refractivity contribution in [2.45, 2.75) is 39.2 Å². The number of fused-ring (bicyclic) bond motifs is 1. The molecule has 27 heavy (non-hydrogen) atoms. The van der Waals surface area contributed by atoms with Gasteiger partial charge < -0.3 is 9.80 Å². The van der Waals surface area contributed by atoms with Crippen molar-refractivity contribution >= 4 is 5.91 Å². The van der Waals surface area contributed by atoms with Crippen molar-refractivity contribution in [2.24, 2.45) is 5.41 Å². The summed E-state index contributed by atoms with van der Waals surface area (Å²) < 4.78 is 0. The van der Waals surface area contributed by atoms with Gasteiger partial charge in [0.25, 0.3) is 0 Å². The summed E-state index contributed by atoms with van der Waals surface area (Å²) in [4.78, 5) is 17.0. The quantitative estimate of drug-likeness (QED) is 0.826.